The summed E-state index contributed by atoms with van der Waals surface area (Å²) in [6.45, 7) is 0.404. The number of phenolic OH excluding ortho intramolecular Hbond substituents is 1. The normalized spacial score (nSPS) is 10.1. The van der Waals surface area contributed by atoms with Crippen molar-refractivity contribution in [3.05, 3.63) is 42.5 Å². The second-order valence-electron chi connectivity index (χ2n) is 3.50. The fourth-order valence-corrected chi connectivity index (χ4v) is 1.33. The zero-order chi connectivity index (χ0) is 12.1. The van der Waals surface area contributed by atoms with Crippen LogP contribution >= 0.6 is 0 Å². The molecule has 0 aliphatic carbocycles. The SMILES string of the molecule is Nc1cnc(CCOc2ccccc2O)nc1. The predicted octanol–water partition coefficient (Wildman–Crippen LogP) is 1.39. The van der Waals surface area contributed by atoms with Crippen molar-refractivity contribution in [2.24, 2.45) is 0 Å². The Hall–Kier alpha value is -2.30. The first-order valence-corrected chi connectivity index (χ1v) is 5.23. The first-order valence-electron chi connectivity index (χ1n) is 5.23. The fraction of sp³-hybridized carbons (Fsp3) is 0.167. The van der Waals surface area contributed by atoms with E-state index in [0.29, 0.717) is 30.3 Å². The fourth-order valence-electron chi connectivity index (χ4n) is 1.33. The van der Waals surface area contributed by atoms with Gasteiger partial charge in [-0.05, 0) is 12.1 Å². The van der Waals surface area contributed by atoms with Crippen molar-refractivity contribution in [2.45, 2.75) is 6.42 Å². The van der Waals surface area contributed by atoms with Gasteiger partial charge in [0.25, 0.3) is 0 Å². The van der Waals surface area contributed by atoms with Crippen LogP contribution in [0.4, 0.5) is 5.69 Å². The molecule has 17 heavy (non-hydrogen) atoms. The van der Waals surface area contributed by atoms with E-state index in [1.54, 1.807) is 36.7 Å². The van der Waals surface area contributed by atoms with E-state index in [2.05, 4.69) is 9.97 Å². The molecule has 0 unspecified atom stereocenters. The zero-order valence-corrected chi connectivity index (χ0v) is 9.21. The van der Waals surface area contributed by atoms with E-state index in [4.69, 9.17) is 10.5 Å². The standard InChI is InChI=1S/C12H13N3O2/c13-9-7-14-12(15-8-9)5-6-17-11-4-2-1-3-10(11)16/h1-4,7-8,16H,5-6,13H2. The first kappa shape index (κ1) is 11.2. The monoisotopic (exact) mass is 231 g/mol. The number of aromatic nitrogens is 2. The van der Waals surface area contributed by atoms with E-state index >= 15 is 0 Å². The molecule has 0 bridgehead atoms. The maximum absolute atomic E-state index is 9.47. The second-order valence-corrected chi connectivity index (χ2v) is 3.50. The van der Waals surface area contributed by atoms with Crippen LogP contribution in [0.25, 0.3) is 0 Å². The van der Waals surface area contributed by atoms with Gasteiger partial charge in [0.15, 0.2) is 11.5 Å². The van der Waals surface area contributed by atoms with Crippen LogP contribution in [0.1, 0.15) is 5.82 Å². The summed E-state index contributed by atoms with van der Waals surface area (Å²) in [5.41, 5.74) is 6.01. The number of anilines is 1. The van der Waals surface area contributed by atoms with Crippen molar-refractivity contribution in [1.29, 1.82) is 0 Å². The highest BCUT2D eigenvalue weighted by Gasteiger charge is 2.01. The molecule has 1 aromatic carbocycles. The Bertz CT molecular complexity index is 485. The van der Waals surface area contributed by atoms with Crippen LogP contribution < -0.4 is 10.5 Å². The molecular formula is C12H13N3O2. The lowest BCUT2D eigenvalue weighted by Gasteiger charge is -2.06. The molecule has 0 saturated carbocycles. The third-order valence-corrected chi connectivity index (χ3v) is 2.17. The lowest BCUT2D eigenvalue weighted by atomic mass is 10.3. The molecule has 0 radical (unpaired) electrons. The van der Waals surface area contributed by atoms with Crippen molar-refractivity contribution in [3.8, 4) is 11.5 Å². The molecule has 88 valence electrons. The van der Waals surface area contributed by atoms with Gasteiger partial charge in [-0.3, -0.25) is 0 Å². The molecule has 0 amide bonds. The molecule has 0 aliphatic rings. The number of aromatic hydroxyl groups is 1. The quantitative estimate of drug-likeness (QED) is 0.830. The average Bonchev–Trinajstić information content (AvgIpc) is 2.34. The van der Waals surface area contributed by atoms with Crippen LogP contribution in [-0.4, -0.2) is 21.7 Å². The number of hydrogen-bond donors (Lipinski definition) is 2. The lowest BCUT2D eigenvalue weighted by molar-refractivity contribution is 0.300. The van der Waals surface area contributed by atoms with Crippen molar-refractivity contribution in [1.82, 2.24) is 9.97 Å². The van der Waals surface area contributed by atoms with Gasteiger partial charge in [-0.15, -0.1) is 0 Å². The van der Waals surface area contributed by atoms with Crippen LogP contribution in [0, 0.1) is 0 Å². The summed E-state index contributed by atoms with van der Waals surface area (Å²) in [7, 11) is 0. The van der Waals surface area contributed by atoms with Crippen molar-refractivity contribution in [3.63, 3.8) is 0 Å². The number of nitrogens with zero attached hydrogens (tertiary/aromatic N) is 2. The average molecular weight is 231 g/mol. The van der Waals surface area contributed by atoms with Crippen molar-refractivity contribution in [2.75, 3.05) is 12.3 Å². The van der Waals surface area contributed by atoms with E-state index in [-0.39, 0.29) is 5.75 Å². The van der Waals surface area contributed by atoms with Crippen molar-refractivity contribution < 1.29 is 9.84 Å². The third-order valence-electron chi connectivity index (χ3n) is 2.17. The van der Waals surface area contributed by atoms with Gasteiger partial charge in [-0.25, -0.2) is 9.97 Å². The number of hydrogen-bond acceptors (Lipinski definition) is 5. The number of ether oxygens (including phenoxy) is 1. The molecule has 3 N–H and O–H groups in total. The van der Waals surface area contributed by atoms with Gasteiger partial charge in [-0.2, -0.15) is 0 Å². The maximum Gasteiger partial charge on any atom is 0.160 e. The van der Waals surface area contributed by atoms with Gasteiger partial charge < -0.3 is 15.6 Å². The van der Waals surface area contributed by atoms with E-state index in [9.17, 15) is 5.11 Å². The van der Waals surface area contributed by atoms with Crippen LogP contribution in [0.15, 0.2) is 36.7 Å². The molecule has 2 aromatic rings. The smallest absolute Gasteiger partial charge is 0.160 e. The topological polar surface area (TPSA) is 81.3 Å². The molecule has 5 nitrogen and oxygen atoms in total. The molecule has 2 rings (SSSR count). The Morgan fingerprint density at radius 2 is 1.88 bits per heavy atom. The Kier molecular flexibility index (Phi) is 3.40. The summed E-state index contributed by atoms with van der Waals surface area (Å²) in [5.74, 6) is 1.25. The predicted molar refractivity (Wildman–Crippen MR) is 63.8 cm³/mol. The van der Waals surface area contributed by atoms with Crippen LogP contribution in [0.2, 0.25) is 0 Å². The number of rotatable bonds is 4. The molecule has 5 heteroatoms. The van der Waals surface area contributed by atoms with E-state index < -0.39 is 0 Å². The van der Waals surface area contributed by atoms with Crippen LogP contribution in [0.5, 0.6) is 11.5 Å². The first-order chi connectivity index (χ1) is 8.25. The zero-order valence-electron chi connectivity index (χ0n) is 9.21. The lowest BCUT2D eigenvalue weighted by Crippen LogP contribution is -2.05. The largest absolute Gasteiger partial charge is 0.504 e. The summed E-state index contributed by atoms with van der Waals surface area (Å²) in [6, 6.07) is 6.83. The Morgan fingerprint density at radius 3 is 2.59 bits per heavy atom. The summed E-state index contributed by atoms with van der Waals surface area (Å²) in [4.78, 5) is 8.11. The maximum atomic E-state index is 9.47. The highest BCUT2D eigenvalue weighted by atomic mass is 16.5. The molecule has 0 fully saturated rings. The molecule has 0 spiro atoms. The Labute approximate surface area is 98.9 Å². The third kappa shape index (κ3) is 3.07. The number of phenols is 1. The molecule has 0 aliphatic heterocycles. The van der Waals surface area contributed by atoms with E-state index in [0.717, 1.165) is 0 Å². The Morgan fingerprint density at radius 1 is 1.18 bits per heavy atom. The molecule has 1 aromatic heterocycles. The molecule has 1 heterocycles. The van der Waals surface area contributed by atoms with Gasteiger partial charge >= 0.3 is 0 Å². The molecule has 0 atom stereocenters. The number of nitrogen functional groups attached to an aromatic ring is 1. The highest BCUT2D eigenvalue weighted by molar-refractivity contribution is 5.37. The van der Waals surface area contributed by atoms with Gasteiger partial charge in [0.1, 0.15) is 5.82 Å². The summed E-state index contributed by atoms with van der Waals surface area (Å²) >= 11 is 0. The minimum absolute atomic E-state index is 0.130. The number of para-hydroxylation sites is 2. The van der Waals surface area contributed by atoms with Crippen molar-refractivity contribution >= 4 is 5.69 Å². The van der Waals surface area contributed by atoms with E-state index in [1.807, 2.05) is 0 Å². The summed E-state index contributed by atoms with van der Waals surface area (Å²) in [5, 5.41) is 9.47. The second kappa shape index (κ2) is 5.16. The van der Waals surface area contributed by atoms with E-state index in [1.165, 1.54) is 0 Å². The number of nitrogens with two attached hydrogens (primary N) is 1. The highest BCUT2D eigenvalue weighted by Crippen LogP contribution is 2.24. The van der Waals surface area contributed by atoms with Gasteiger partial charge in [-0.1, -0.05) is 12.1 Å². The van der Waals surface area contributed by atoms with Gasteiger partial charge in [0.05, 0.1) is 24.7 Å². The molecule has 0 saturated heterocycles. The number of benzene rings is 1. The van der Waals surface area contributed by atoms with Gasteiger partial charge in [0, 0.05) is 6.42 Å². The summed E-state index contributed by atoms with van der Waals surface area (Å²) < 4.78 is 5.41. The Balaban J connectivity index is 1.88. The minimum atomic E-state index is 0.130. The van der Waals surface area contributed by atoms with Crippen LogP contribution in [0.3, 0.4) is 0 Å². The molecular weight excluding hydrogens is 218 g/mol. The summed E-state index contributed by atoms with van der Waals surface area (Å²) in [6.07, 6.45) is 3.68. The van der Waals surface area contributed by atoms with Gasteiger partial charge in [0.2, 0.25) is 0 Å². The minimum Gasteiger partial charge on any atom is -0.504 e. The van der Waals surface area contributed by atoms with Crippen LogP contribution in [-0.2, 0) is 6.42 Å².